The molecule has 0 aromatic heterocycles. The average Bonchev–Trinajstić information content (AvgIpc) is 2.37. The number of nitrogen functional groups attached to an aromatic ring is 1. The molecule has 0 radical (unpaired) electrons. The number of carbonyl (C=O) groups is 1. The largest absolute Gasteiger partial charge is 0.399 e. The molecule has 1 aliphatic rings. The van der Waals surface area contributed by atoms with Gasteiger partial charge in [0.2, 0.25) is 5.91 Å². The van der Waals surface area contributed by atoms with E-state index >= 15 is 0 Å². The highest BCUT2D eigenvalue weighted by Crippen LogP contribution is 2.24. The van der Waals surface area contributed by atoms with E-state index in [1.807, 2.05) is 36.9 Å². The lowest BCUT2D eigenvalue weighted by molar-refractivity contribution is -0.135. The average molecular weight is 280 g/mol. The highest BCUT2D eigenvalue weighted by Gasteiger charge is 2.21. The number of rotatable bonds is 3. The number of thioether (sulfide) groups is 1. The first-order chi connectivity index (χ1) is 9.06. The first-order valence-corrected chi connectivity index (χ1v) is 7.43. The van der Waals surface area contributed by atoms with Crippen LogP contribution in [0, 0.1) is 6.92 Å². The Morgan fingerprint density at radius 1 is 1.58 bits per heavy atom. The van der Waals surface area contributed by atoms with Gasteiger partial charge in [-0.15, -0.1) is 11.8 Å². The van der Waals surface area contributed by atoms with E-state index < -0.39 is 0 Å². The first kappa shape index (κ1) is 14.2. The molecule has 1 amide bonds. The zero-order chi connectivity index (χ0) is 13.8. The molecule has 0 saturated carbocycles. The SMILES string of the molecule is Cc1cc(N)ccc1SCC(=O)N1CCOC(C)C1. The van der Waals surface area contributed by atoms with Gasteiger partial charge in [-0.25, -0.2) is 0 Å². The van der Waals surface area contributed by atoms with Gasteiger partial charge in [0.15, 0.2) is 0 Å². The van der Waals surface area contributed by atoms with Crippen molar-refractivity contribution in [3.63, 3.8) is 0 Å². The molecular weight excluding hydrogens is 260 g/mol. The second-order valence-corrected chi connectivity index (χ2v) is 5.85. The summed E-state index contributed by atoms with van der Waals surface area (Å²) in [4.78, 5) is 15.1. The van der Waals surface area contributed by atoms with Crippen LogP contribution in [0.4, 0.5) is 5.69 Å². The van der Waals surface area contributed by atoms with Gasteiger partial charge < -0.3 is 15.4 Å². The van der Waals surface area contributed by atoms with Gasteiger partial charge in [-0.2, -0.15) is 0 Å². The lowest BCUT2D eigenvalue weighted by Gasteiger charge is -2.31. The van der Waals surface area contributed by atoms with Gasteiger partial charge in [-0.3, -0.25) is 4.79 Å². The molecule has 0 bridgehead atoms. The van der Waals surface area contributed by atoms with Crippen molar-refractivity contribution < 1.29 is 9.53 Å². The van der Waals surface area contributed by atoms with Crippen LogP contribution in [0.2, 0.25) is 0 Å². The molecule has 1 aromatic carbocycles. The van der Waals surface area contributed by atoms with Gasteiger partial charge in [0.25, 0.3) is 0 Å². The normalized spacial score (nSPS) is 19.5. The predicted molar refractivity (Wildman–Crippen MR) is 78.3 cm³/mol. The molecule has 1 saturated heterocycles. The summed E-state index contributed by atoms with van der Waals surface area (Å²) >= 11 is 1.57. The zero-order valence-electron chi connectivity index (χ0n) is 11.4. The van der Waals surface area contributed by atoms with Crippen molar-refractivity contribution in [2.24, 2.45) is 0 Å². The fourth-order valence-electron chi connectivity index (χ4n) is 2.11. The van der Waals surface area contributed by atoms with Gasteiger partial charge in [0.1, 0.15) is 0 Å². The minimum Gasteiger partial charge on any atom is -0.399 e. The third kappa shape index (κ3) is 3.88. The molecule has 19 heavy (non-hydrogen) atoms. The molecule has 104 valence electrons. The van der Waals surface area contributed by atoms with Gasteiger partial charge >= 0.3 is 0 Å². The molecule has 1 heterocycles. The molecule has 1 unspecified atom stereocenters. The quantitative estimate of drug-likeness (QED) is 0.679. The Kier molecular flexibility index (Phi) is 4.71. The summed E-state index contributed by atoms with van der Waals surface area (Å²) in [6.07, 6.45) is 0.140. The van der Waals surface area contributed by atoms with E-state index in [-0.39, 0.29) is 12.0 Å². The Morgan fingerprint density at radius 3 is 3.05 bits per heavy atom. The van der Waals surface area contributed by atoms with Gasteiger partial charge in [0.05, 0.1) is 18.5 Å². The molecule has 1 fully saturated rings. The minimum absolute atomic E-state index is 0.140. The van der Waals surface area contributed by atoms with Crippen molar-refractivity contribution in [2.75, 3.05) is 31.2 Å². The second kappa shape index (κ2) is 6.30. The van der Waals surface area contributed by atoms with E-state index in [4.69, 9.17) is 10.5 Å². The molecule has 2 N–H and O–H groups in total. The van der Waals surface area contributed by atoms with Crippen molar-refractivity contribution >= 4 is 23.4 Å². The van der Waals surface area contributed by atoms with Gasteiger partial charge in [-0.1, -0.05) is 0 Å². The summed E-state index contributed by atoms with van der Waals surface area (Å²) in [6, 6.07) is 5.78. The van der Waals surface area contributed by atoms with Crippen LogP contribution >= 0.6 is 11.8 Å². The summed E-state index contributed by atoms with van der Waals surface area (Å²) in [5.74, 6) is 0.647. The van der Waals surface area contributed by atoms with E-state index in [0.717, 1.165) is 16.1 Å². The van der Waals surface area contributed by atoms with Crippen molar-refractivity contribution in [3.8, 4) is 0 Å². The third-order valence-corrected chi connectivity index (χ3v) is 4.30. The number of nitrogens with two attached hydrogens (primary N) is 1. The lowest BCUT2D eigenvalue weighted by atomic mass is 10.2. The number of hydrogen-bond acceptors (Lipinski definition) is 4. The number of aryl methyl sites for hydroxylation is 1. The summed E-state index contributed by atoms with van der Waals surface area (Å²) < 4.78 is 5.44. The predicted octanol–water partition coefficient (Wildman–Crippen LogP) is 1.92. The Morgan fingerprint density at radius 2 is 2.37 bits per heavy atom. The molecule has 5 heteroatoms. The van der Waals surface area contributed by atoms with Crippen LogP contribution < -0.4 is 5.73 Å². The Bertz CT molecular complexity index is 465. The zero-order valence-corrected chi connectivity index (χ0v) is 12.2. The van der Waals surface area contributed by atoms with Gasteiger partial charge in [-0.05, 0) is 37.6 Å². The maximum Gasteiger partial charge on any atom is 0.233 e. The van der Waals surface area contributed by atoms with Crippen molar-refractivity contribution in [1.82, 2.24) is 4.90 Å². The second-order valence-electron chi connectivity index (χ2n) is 4.83. The molecule has 0 spiro atoms. The molecule has 1 aromatic rings. The number of carbonyl (C=O) groups excluding carboxylic acids is 1. The highest BCUT2D eigenvalue weighted by molar-refractivity contribution is 8.00. The van der Waals surface area contributed by atoms with Crippen LogP contribution in [-0.4, -0.2) is 42.4 Å². The number of hydrogen-bond donors (Lipinski definition) is 1. The van der Waals surface area contributed by atoms with E-state index in [0.29, 0.717) is 25.4 Å². The van der Waals surface area contributed by atoms with Crippen LogP contribution in [0.1, 0.15) is 12.5 Å². The fraction of sp³-hybridized carbons (Fsp3) is 0.500. The number of anilines is 1. The standard InChI is InChI=1S/C14H20N2O2S/c1-10-7-12(15)3-4-13(10)19-9-14(17)16-5-6-18-11(2)8-16/h3-4,7,11H,5-6,8-9,15H2,1-2H3. The number of benzene rings is 1. The summed E-state index contributed by atoms with van der Waals surface area (Å²) in [5, 5.41) is 0. The molecule has 1 atom stereocenters. The molecular formula is C14H20N2O2S. The number of ether oxygens (including phenoxy) is 1. The Hall–Kier alpha value is -1.20. The number of morpholine rings is 1. The molecule has 4 nitrogen and oxygen atoms in total. The van der Waals surface area contributed by atoms with Crippen molar-refractivity contribution in [1.29, 1.82) is 0 Å². The highest BCUT2D eigenvalue weighted by atomic mass is 32.2. The maximum atomic E-state index is 12.1. The fourth-order valence-corrected chi connectivity index (χ4v) is 3.02. The summed E-state index contributed by atoms with van der Waals surface area (Å²) in [6.45, 7) is 6.04. The molecule has 1 aliphatic heterocycles. The first-order valence-electron chi connectivity index (χ1n) is 6.44. The molecule has 0 aliphatic carbocycles. The van der Waals surface area contributed by atoms with Gasteiger partial charge in [0, 0.05) is 23.7 Å². The lowest BCUT2D eigenvalue weighted by Crippen LogP contribution is -2.45. The van der Waals surface area contributed by atoms with Crippen LogP contribution in [0.25, 0.3) is 0 Å². The van der Waals surface area contributed by atoms with Crippen LogP contribution in [0.5, 0.6) is 0 Å². The molecule has 2 rings (SSSR count). The number of nitrogens with zero attached hydrogens (tertiary/aromatic N) is 1. The maximum absolute atomic E-state index is 12.1. The minimum atomic E-state index is 0.140. The Balaban J connectivity index is 1.89. The number of amides is 1. The van der Waals surface area contributed by atoms with E-state index in [1.54, 1.807) is 11.8 Å². The summed E-state index contributed by atoms with van der Waals surface area (Å²) in [5.41, 5.74) is 7.60. The van der Waals surface area contributed by atoms with E-state index in [9.17, 15) is 4.79 Å². The summed E-state index contributed by atoms with van der Waals surface area (Å²) in [7, 11) is 0. The van der Waals surface area contributed by atoms with E-state index in [2.05, 4.69) is 0 Å². The van der Waals surface area contributed by atoms with Crippen LogP contribution in [-0.2, 0) is 9.53 Å². The Labute approximate surface area is 118 Å². The monoisotopic (exact) mass is 280 g/mol. The van der Waals surface area contributed by atoms with Crippen LogP contribution in [0.3, 0.4) is 0 Å². The van der Waals surface area contributed by atoms with Crippen molar-refractivity contribution in [2.45, 2.75) is 24.8 Å². The van der Waals surface area contributed by atoms with Crippen LogP contribution in [0.15, 0.2) is 23.1 Å². The van der Waals surface area contributed by atoms with Crippen molar-refractivity contribution in [3.05, 3.63) is 23.8 Å². The topological polar surface area (TPSA) is 55.6 Å². The smallest absolute Gasteiger partial charge is 0.233 e. The van der Waals surface area contributed by atoms with E-state index in [1.165, 1.54) is 0 Å². The third-order valence-electron chi connectivity index (χ3n) is 3.14.